The van der Waals surface area contributed by atoms with E-state index >= 15 is 0 Å². The fourth-order valence-electron chi connectivity index (χ4n) is 1.78. The SMILES string of the molecule is COCCCOCCOC1CC(Br)C1(C)C. The zero-order valence-corrected chi connectivity index (χ0v) is 12.1. The van der Waals surface area contributed by atoms with E-state index in [9.17, 15) is 0 Å². The molecule has 0 N–H and O–H groups in total. The lowest BCUT2D eigenvalue weighted by Crippen LogP contribution is -2.51. The predicted molar refractivity (Wildman–Crippen MR) is 68.2 cm³/mol. The summed E-state index contributed by atoms with van der Waals surface area (Å²) in [6, 6.07) is 0. The van der Waals surface area contributed by atoms with Gasteiger partial charge in [-0.2, -0.15) is 0 Å². The first-order valence-corrected chi connectivity index (χ1v) is 6.83. The first kappa shape index (κ1) is 14.4. The standard InChI is InChI=1S/C12H23BrO3/c1-12(2)10(13)9-11(12)16-8-7-15-6-4-5-14-3/h10-11H,4-9H2,1-3H3. The van der Waals surface area contributed by atoms with E-state index in [2.05, 4.69) is 29.8 Å². The van der Waals surface area contributed by atoms with Gasteiger partial charge in [0.15, 0.2) is 0 Å². The van der Waals surface area contributed by atoms with E-state index in [0.29, 0.717) is 24.1 Å². The van der Waals surface area contributed by atoms with Crippen molar-refractivity contribution in [3.05, 3.63) is 0 Å². The lowest BCUT2D eigenvalue weighted by atomic mass is 9.69. The molecule has 3 nitrogen and oxygen atoms in total. The predicted octanol–water partition coefficient (Wildman–Crippen LogP) is 2.62. The minimum absolute atomic E-state index is 0.260. The third-order valence-corrected chi connectivity index (χ3v) is 4.80. The van der Waals surface area contributed by atoms with Crippen molar-refractivity contribution in [2.45, 2.75) is 37.6 Å². The normalized spacial score (nSPS) is 27.8. The Hall–Kier alpha value is 0.360. The average Bonchev–Trinajstić information content (AvgIpc) is 2.26. The summed E-state index contributed by atoms with van der Waals surface area (Å²) in [5.74, 6) is 0. The van der Waals surface area contributed by atoms with Gasteiger partial charge in [-0.1, -0.05) is 29.8 Å². The molecule has 0 aromatic heterocycles. The third kappa shape index (κ3) is 3.99. The van der Waals surface area contributed by atoms with Gasteiger partial charge in [0.25, 0.3) is 0 Å². The third-order valence-electron chi connectivity index (χ3n) is 3.24. The monoisotopic (exact) mass is 294 g/mol. The van der Waals surface area contributed by atoms with Crippen LogP contribution in [-0.4, -0.2) is 44.5 Å². The summed E-state index contributed by atoms with van der Waals surface area (Å²) < 4.78 is 16.2. The molecule has 0 bridgehead atoms. The van der Waals surface area contributed by atoms with Crippen molar-refractivity contribution in [2.75, 3.05) is 33.5 Å². The first-order chi connectivity index (χ1) is 7.59. The summed E-state index contributed by atoms with van der Waals surface area (Å²) in [6.07, 6.45) is 2.44. The maximum atomic E-state index is 5.78. The molecule has 0 spiro atoms. The summed E-state index contributed by atoms with van der Waals surface area (Å²) in [7, 11) is 1.71. The van der Waals surface area contributed by atoms with E-state index in [0.717, 1.165) is 26.1 Å². The quantitative estimate of drug-likeness (QED) is 0.509. The van der Waals surface area contributed by atoms with Crippen LogP contribution in [0.15, 0.2) is 0 Å². The van der Waals surface area contributed by atoms with Crippen molar-refractivity contribution in [2.24, 2.45) is 5.41 Å². The maximum absolute atomic E-state index is 5.78. The highest BCUT2D eigenvalue weighted by Gasteiger charge is 2.47. The number of hydrogen-bond donors (Lipinski definition) is 0. The molecule has 96 valence electrons. The van der Waals surface area contributed by atoms with E-state index in [1.165, 1.54) is 0 Å². The number of methoxy groups -OCH3 is 1. The van der Waals surface area contributed by atoms with Crippen LogP contribution in [0, 0.1) is 5.41 Å². The van der Waals surface area contributed by atoms with Crippen LogP contribution >= 0.6 is 15.9 Å². The van der Waals surface area contributed by atoms with Crippen LogP contribution in [0.25, 0.3) is 0 Å². The molecule has 4 heteroatoms. The summed E-state index contributed by atoms with van der Waals surface area (Å²) in [6.45, 7) is 7.37. The minimum Gasteiger partial charge on any atom is -0.385 e. The van der Waals surface area contributed by atoms with Gasteiger partial charge in [0.2, 0.25) is 0 Å². The Morgan fingerprint density at radius 1 is 1.19 bits per heavy atom. The van der Waals surface area contributed by atoms with Crippen LogP contribution in [0.2, 0.25) is 0 Å². The summed E-state index contributed by atoms with van der Waals surface area (Å²) >= 11 is 3.65. The van der Waals surface area contributed by atoms with Gasteiger partial charge in [-0.3, -0.25) is 0 Å². The van der Waals surface area contributed by atoms with Crippen LogP contribution in [0.4, 0.5) is 0 Å². The molecule has 1 saturated carbocycles. The lowest BCUT2D eigenvalue weighted by Gasteiger charge is -2.48. The summed E-state index contributed by atoms with van der Waals surface area (Å²) in [4.78, 5) is 0.590. The Labute approximate surface area is 107 Å². The highest BCUT2D eigenvalue weighted by Crippen LogP contribution is 2.47. The van der Waals surface area contributed by atoms with Crippen molar-refractivity contribution in [3.8, 4) is 0 Å². The Kier molecular flexibility index (Phi) is 6.26. The smallest absolute Gasteiger partial charge is 0.0704 e. The number of alkyl halides is 1. The molecular formula is C12H23BrO3. The first-order valence-electron chi connectivity index (χ1n) is 5.91. The molecule has 0 radical (unpaired) electrons. The highest BCUT2D eigenvalue weighted by molar-refractivity contribution is 9.09. The number of ether oxygens (including phenoxy) is 3. The van der Waals surface area contributed by atoms with Crippen molar-refractivity contribution in [1.82, 2.24) is 0 Å². The van der Waals surface area contributed by atoms with E-state index in [4.69, 9.17) is 14.2 Å². The van der Waals surface area contributed by atoms with Crippen molar-refractivity contribution in [3.63, 3.8) is 0 Å². The molecule has 0 aromatic carbocycles. The van der Waals surface area contributed by atoms with Gasteiger partial charge in [-0.15, -0.1) is 0 Å². The fourth-order valence-corrected chi connectivity index (χ4v) is 2.41. The van der Waals surface area contributed by atoms with Gasteiger partial charge in [-0.05, 0) is 12.8 Å². The van der Waals surface area contributed by atoms with Crippen molar-refractivity contribution < 1.29 is 14.2 Å². The van der Waals surface area contributed by atoms with Gasteiger partial charge in [-0.25, -0.2) is 0 Å². The average molecular weight is 295 g/mol. The number of rotatable bonds is 8. The molecule has 0 heterocycles. The molecular weight excluding hydrogens is 272 g/mol. The molecule has 1 aliphatic rings. The van der Waals surface area contributed by atoms with Gasteiger partial charge in [0, 0.05) is 30.6 Å². The van der Waals surface area contributed by atoms with Gasteiger partial charge in [0.1, 0.15) is 0 Å². The Bertz CT molecular complexity index is 197. The van der Waals surface area contributed by atoms with Crippen LogP contribution in [0.5, 0.6) is 0 Å². The fraction of sp³-hybridized carbons (Fsp3) is 1.00. The van der Waals surface area contributed by atoms with Crippen molar-refractivity contribution in [1.29, 1.82) is 0 Å². The van der Waals surface area contributed by atoms with Crippen LogP contribution < -0.4 is 0 Å². The molecule has 1 fully saturated rings. The molecule has 0 saturated heterocycles. The molecule has 2 atom stereocenters. The summed E-state index contributed by atoms with van der Waals surface area (Å²) in [5.41, 5.74) is 0.260. The zero-order valence-electron chi connectivity index (χ0n) is 10.5. The second kappa shape index (κ2) is 6.94. The van der Waals surface area contributed by atoms with Crippen LogP contribution in [-0.2, 0) is 14.2 Å². The Balaban J connectivity index is 1.93. The largest absolute Gasteiger partial charge is 0.385 e. The molecule has 0 amide bonds. The van der Waals surface area contributed by atoms with Gasteiger partial charge < -0.3 is 14.2 Å². The second-order valence-electron chi connectivity index (χ2n) is 4.84. The van der Waals surface area contributed by atoms with E-state index < -0.39 is 0 Å². The Morgan fingerprint density at radius 3 is 2.50 bits per heavy atom. The molecule has 0 aromatic rings. The van der Waals surface area contributed by atoms with Crippen LogP contribution in [0.1, 0.15) is 26.7 Å². The number of halogens is 1. The van der Waals surface area contributed by atoms with Gasteiger partial charge in [0.05, 0.1) is 19.3 Å². The Morgan fingerprint density at radius 2 is 1.94 bits per heavy atom. The summed E-state index contributed by atoms with van der Waals surface area (Å²) in [5, 5.41) is 0. The molecule has 0 aliphatic heterocycles. The minimum atomic E-state index is 0.260. The molecule has 1 rings (SSSR count). The molecule has 1 aliphatic carbocycles. The highest BCUT2D eigenvalue weighted by atomic mass is 79.9. The maximum Gasteiger partial charge on any atom is 0.0704 e. The van der Waals surface area contributed by atoms with Crippen LogP contribution in [0.3, 0.4) is 0 Å². The van der Waals surface area contributed by atoms with Crippen molar-refractivity contribution >= 4 is 15.9 Å². The van der Waals surface area contributed by atoms with E-state index in [-0.39, 0.29) is 5.41 Å². The second-order valence-corrected chi connectivity index (χ2v) is 5.95. The van der Waals surface area contributed by atoms with E-state index in [1.807, 2.05) is 0 Å². The molecule has 2 unspecified atom stereocenters. The topological polar surface area (TPSA) is 27.7 Å². The van der Waals surface area contributed by atoms with Gasteiger partial charge >= 0.3 is 0 Å². The lowest BCUT2D eigenvalue weighted by molar-refractivity contribution is -0.0987. The molecule has 16 heavy (non-hydrogen) atoms. The van der Waals surface area contributed by atoms with E-state index in [1.54, 1.807) is 7.11 Å². The number of hydrogen-bond acceptors (Lipinski definition) is 3. The zero-order chi connectivity index (χ0) is 12.0.